The maximum atomic E-state index is 12.8. The van der Waals surface area contributed by atoms with Crippen LogP contribution in [0, 0.1) is 0 Å². The van der Waals surface area contributed by atoms with Gasteiger partial charge in [0.25, 0.3) is 11.8 Å². The second kappa shape index (κ2) is 8.00. The van der Waals surface area contributed by atoms with Crippen molar-refractivity contribution in [2.75, 3.05) is 18.0 Å². The van der Waals surface area contributed by atoms with E-state index in [1.807, 2.05) is 0 Å². The Kier molecular flexibility index (Phi) is 5.82. The number of aliphatic carboxylic acids is 1. The number of β-lactam (4-membered cyclic amide) rings is 1. The lowest BCUT2D eigenvalue weighted by Crippen LogP contribution is -2.69. The quantitative estimate of drug-likeness (QED) is 0.249. The number of thioether (sulfide) groups is 1. The highest BCUT2D eigenvalue weighted by Gasteiger charge is 2.49. The SMILES string of the molecule is CC(C)(O/N=C(\C(=O)NC1C(=O)N2C=C(CN)CS[C@H]12)c1csc(N)n1)C(=O)O. The van der Waals surface area contributed by atoms with Gasteiger partial charge in [0.1, 0.15) is 17.1 Å². The van der Waals surface area contributed by atoms with E-state index in [9.17, 15) is 19.5 Å². The summed E-state index contributed by atoms with van der Waals surface area (Å²) >= 11 is 2.58. The van der Waals surface area contributed by atoms with Crippen LogP contribution in [0.3, 0.4) is 0 Å². The molecule has 0 saturated carbocycles. The first-order valence-corrected chi connectivity index (χ1v) is 10.4. The Morgan fingerprint density at radius 2 is 2.24 bits per heavy atom. The van der Waals surface area contributed by atoms with Gasteiger partial charge in [-0.15, -0.1) is 23.1 Å². The zero-order valence-electron chi connectivity index (χ0n) is 15.6. The Hall–Kier alpha value is -2.64. The minimum atomic E-state index is -1.67. The van der Waals surface area contributed by atoms with E-state index < -0.39 is 23.5 Å². The fourth-order valence-corrected chi connectivity index (χ4v) is 4.31. The van der Waals surface area contributed by atoms with Crippen molar-refractivity contribution < 1.29 is 24.3 Å². The number of amides is 2. The Bertz CT molecular complexity index is 911. The number of carbonyl (C=O) groups is 3. The number of nitrogens with zero attached hydrogens (tertiary/aromatic N) is 3. The number of hydrogen-bond acceptors (Lipinski definition) is 10. The fourth-order valence-electron chi connectivity index (χ4n) is 2.48. The van der Waals surface area contributed by atoms with Gasteiger partial charge in [-0.25, -0.2) is 9.78 Å². The van der Waals surface area contributed by atoms with Crippen molar-refractivity contribution in [1.82, 2.24) is 15.2 Å². The van der Waals surface area contributed by atoms with E-state index in [0.29, 0.717) is 12.3 Å². The third-order valence-corrected chi connectivity index (χ3v) is 6.30. The summed E-state index contributed by atoms with van der Waals surface area (Å²) in [5, 5.41) is 17.0. The molecule has 2 atom stereocenters. The topological polar surface area (TPSA) is 173 Å². The molecule has 2 amide bonds. The number of nitrogen functional groups attached to an aromatic ring is 1. The highest BCUT2D eigenvalue weighted by molar-refractivity contribution is 8.00. The highest BCUT2D eigenvalue weighted by Crippen LogP contribution is 2.35. The summed E-state index contributed by atoms with van der Waals surface area (Å²) in [6, 6.07) is -0.753. The number of nitrogens with one attached hydrogen (secondary N) is 1. The van der Waals surface area contributed by atoms with Gasteiger partial charge in [0.2, 0.25) is 5.60 Å². The number of fused-ring (bicyclic) bond motifs is 1. The highest BCUT2D eigenvalue weighted by atomic mass is 32.2. The molecule has 11 nitrogen and oxygen atoms in total. The molecule has 1 aromatic heterocycles. The fraction of sp³-hybridized carbons (Fsp3) is 0.438. The number of carbonyl (C=O) groups excluding carboxylic acids is 2. The van der Waals surface area contributed by atoms with Crippen molar-refractivity contribution in [3.63, 3.8) is 0 Å². The average Bonchev–Trinajstić information content (AvgIpc) is 3.11. The Morgan fingerprint density at radius 3 is 2.83 bits per heavy atom. The molecule has 0 aliphatic carbocycles. The van der Waals surface area contributed by atoms with Crippen LogP contribution in [-0.4, -0.2) is 67.8 Å². The molecule has 1 fully saturated rings. The van der Waals surface area contributed by atoms with Crippen molar-refractivity contribution in [2.45, 2.75) is 30.9 Å². The van der Waals surface area contributed by atoms with Gasteiger partial charge >= 0.3 is 5.97 Å². The molecule has 1 aromatic rings. The van der Waals surface area contributed by atoms with Crippen LogP contribution in [0.25, 0.3) is 0 Å². The van der Waals surface area contributed by atoms with E-state index in [2.05, 4.69) is 15.5 Å². The summed E-state index contributed by atoms with van der Waals surface area (Å²) in [6.07, 6.45) is 1.71. The van der Waals surface area contributed by atoms with E-state index >= 15 is 0 Å². The molecule has 156 valence electrons. The molecule has 2 aliphatic rings. The molecule has 6 N–H and O–H groups in total. The third kappa shape index (κ3) is 4.21. The van der Waals surface area contributed by atoms with Gasteiger partial charge in [0, 0.05) is 23.9 Å². The molecule has 3 rings (SSSR count). The molecule has 3 heterocycles. The number of carboxylic acid groups (broad SMARTS) is 1. The van der Waals surface area contributed by atoms with Crippen LogP contribution < -0.4 is 16.8 Å². The van der Waals surface area contributed by atoms with Gasteiger partial charge < -0.3 is 31.6 Å². The molecule has 0 bridgehead atoms. The van der Waals surface area contributed by atoms with Crippen LogP contribution in [0.2, 0.25) is 0 Å². The minimum Gasteiger partial charge on any atom is -0.478 e. The van der Waals surface area contributed by atoms with Crippen LogP contribution in [0.5, 0.6) is 0 Å². The normalized spacial score (nSPS) is 21.8. The number of anilines is 1. The zero-order chi connectivity index (χ0) is 21.3. The van der Waals surface area contributed by atoms with Gasteiger partial charge in [0.05, 0.1) is 0 Å². The van der Waals surface area contributed by atoms with E-state index in [-0.39, 0.29) is 27.8 Å². The second-order valence-corrected chi connectivity index (χ2v) is 8.80. The van der Waals surface area contributed by atoms with Crippen LogP contribution in [0.15, 0.2) is 22.3 Å². The molecule has 1 unspecified atom stereocenters. The van der Waals surface area contributed by atoms with E-state index in [1.165, 1.54) is 35.9 Å². The molecule has 0 spiro atoms. The lowest BCUT2D eigenvalue weighted by Gasteiger charge is -2.47. The largest absolute Gasteiger partial charge is 0.478 e. The monoisotopic (exact) mass is 440 g/mol. The van der Waals surface area contributed by atoms with E-state index in [4.69, 9.17) is 16.3 Å². The first-order chi connectivity index (χ1) is 13.6. The lowest BCUT2D eigenvalue weighted by molar-refractivity contribution is -0.161. The maximum absolute atomic E-state index is 12.8. The third-order valence-electron chi connectivity index (χ3n) is 4.25. The number of nitrogens with two attached hydrogens (primary N) is 2. The summed E-state index contributed by atoms with van der Waals surface area (Å²) in [7, 11) is 0. The van der Waals surface area contributed by atoms with E-state index in [1.54, 1.807) is 6.20 Å². The summed E-state index contributed by atoms with van der Waals surface area (Å²) < 4.78 is 0. The Labute approximate surface area is 174 Å². The summed E-state index contributed by atoms with van der Waals surface area (Å²) in [5.41, 5.74) is 10.4. The number of hydrogen-bond donors (Lipinski definition) is 4. The Balaban J connectivity index is 1.78. The van der Waals surface area contributed by atoms with Crippen LogP contribution in [0.1, 0.15) is 19.5 Å². The molecule has 1 saturated heterocycles. The number of carboxylic acids is 1. The smallest absolute Gasteiger partial charge is 0.350 e. The predicted molar refractivity (Wildman–Crippen MR) is 108 cm³/mol. The summed E-state index contributed by atoms with van der Waals surface area (Å²) in [6.45, 7) is 2.94. The predicted octanol–water partition coefficient (Wildman–Crippen LogP) is -0.448. The first-order valence-electron chi connectivity index (χ1n) is 8.49. The van der Waals surface area contributed by atoms with Gasteiger partial charge in [-0.2, -0.15) is 0 Å². The number of thiazole rings is 1. The minimum absolute atomic E-state index is 0.122. The standard InChI is InChI=1S/C16H20N6O5S2/c1-16(2,14(25)26)27-21-9(8-6-29-15(18)19-8)11(23)20-10-12(24)22-4-7(3-17)5-28-13(10)22/h4,6,10,13H,3,5,17H2,1-2H3,(H2,18,19)(H,20,23)(H,25,26)/b21-9-/t10?,13-/m1/s1. The van der Waals surface area contributed by atoms with Gasteiger partial charge in [-0.1, -0.05) is 5.16 Å². The molecule has 13 heteroatoms. The van der Waals surface area contributed by atoms with Crippen LogP contribution >= 0.6 is 23.1 Å². The average molecular weight is 441 g/mol. The molecule has 0 radical (unpaired) electrons. The summed E-state index contributed by atoms with van der Waals surface area (Å²) in [5.74, 6) is -1.59. The molecule has 2 aliphatic heterocycles. The number of rotatable bonds is 7. The molecule has 29 heavy (non-hydrogen) atoms. The molecule has 0 aromatic carbocycles. The van der Waals surface area contributed by atoms with Gasteiger partial charge in [0.15, 0.2) is 10.8 Å². The van der Waals surface area contributed by atoms with Crippen LogP contribution in [-0.2, 0) is 19.2 Å². The maximum Gasteiger partial charge on any atom is 0.350 e. The summed E-state index contributed by atoms with van der Waals surface area (Å²) in [4.78, 5) is 47.0. The number of oxime groups is 1. The van der Waals surface area contributed by atoms with Gasteiger partial charge in [-0.05, 0) is 19.4 Å². The molecular formula is C16H20N6O5S2. The van der Waals surface area contributed by atoms with Crippen molar-refractivity contribution >= 4 is 51.7 Å². The lowest BCUT2D eigenvalue weighted by atomic mass is 10.1. The van der Waals surface area contributed by atoms with Crippen molar-refractivity contribution in [3.8, 4) is 0 Å². The Morgan fingerprint density at radius 1 is 1.52 bits per heavy atom. The first kappa shape index (κ1) is 21.1. The van der Waals surface area contributed by atoms with Crippen LogP contribution in [0.4, 0.5) is 5.13 Å². The van der Waals surface area contributed by atoms with Crippen molar-refractivity contribution in [2.24, 2.45) is 10.9 Å². The van der Waals surface area contributed by atoms with E-state index in [0.717, 1.165) is 16.9 Å². The molecular weight excluding hydrogens is 420 g/mol. The van der Waals surface area contributed by atoms with Gasteiger partial charge in [-0.3, -0.25) is 9.59 Å². The second-order valence-electron chi connectivity index (χ2n) is 6.81. The van der Waals surface area contributed by atoms with Crippen molar-refractivity contribution in [3.05, 3.63) is 22.8 Å². The number of aromatic nitrogens is 1. The van der Waals surface area contributed by atoms with Crippen molar-refractivity contribution in [1.29, 1.82) is 0 Å². The zero-order valence-corrected chi connectivity index (χ0v) is 17.2.